The fraction of sp³-hybridized carbons (Fsp3) is 0.200. The molecule has 1 aliphatic heterocycles. The summed E-state index contributed by atoms with van der Waals surface area (Å²) >= 11 is 0. The second-order valence-electron chi connectivity index (χ2n) is 6.58. The van der Waals surface area contributed by atoms with E-state index in [4.69, 9.17) is 0 Å². The number of pyridine rings is 1. The van der Waals surface area contributed by atoms with E-state index in [1.54, 1.807) is 6.07 Å². The molecule has 0 atom stereocenters. The fourth-order valence-electron chi connectivity index (χ4n) is 3.45. The molecule has 0 amide bonds. The molecular formula is C20H18ClF2N3O3. The minimum atomic E-state index is -1.41. The van der Waals surface area contributed by atoms with Crippen LogP contribution >= 0.6 is 12.4 Å². The number of hydrogen-bond donors (Lipinski definition) is 2. The molecule has 3 aromatic rings. The van der Waals surface area contributed by atoms with Crippen LogP contribution in [0, 0.1) is 11.6 Å². The first-order valence-corrected chi connectivity index (χ1v) is 8.79. The smallest absolute Gasteiger partial charge is 0.341 e. The van der Waals surface area contributed by atoms with Gasteiger partial charge in [0, 0.05) is 43.4 Å². The van der Waals surface area contributed by atoms with Crippen molar-refractivity contribution in [2.45, 2.75) is 0 Å². The lowest BCUT2D eigenvalue weighted by Gasteiger charge is -2.30. The molecule has 1 aromatic heterocycles. The molecule has 0 bridgehead atoms. The van der Waals surface area contributed by atoms with E-state index < -0.39 is 28.6 Å². The number of nitrogens with one attached hydrogen (secondary N) is 1. The maximum Gasteiger partial charge on any atom is 0.341 e. The number of benzene rings is 2. The molecule has 0 radical (unpaired) electrons. The Morgan fingerprint density at radius 3 is 2.34 bits per heavy atom. The van der Waals surface area contributed by atoms with E-state index in [1.807, 2.05) is 4.90 Å². The molecule has 152 valence electrons. The maximum atomic E-state index is 14.8. The average Bonchev–Trinajstić information content (AvgIpc) is 2.69. The van der Waals surface area contributed by atoms with Crippen LogP contribution in [0.5, 0.6) is 0 Å². The van der Waals surface area contributed by atoms with Gasteiger partial charge in [0.05, 0.1) is 11.2 Å². The van der Waals surface area contributed by atoms with Gasteiger partial charge in [0.25, 0.3) is 0 Å². The van der Waals surface area contributed by atoms with Crippen LogP contribution in [0.15, 0.2) is 47.4 Å². The van der Waals surface area contributed by atoms with Gasteiger partial charge in [-0.1, -0.05) is 0 Å². The first-order chi connectivity index (χ1) is 13.5. The predicted molar refractivity (Wildman–Crippen MR) is 109 cm³/mol. The molecule has 2 heterocycles. The number of carboxylic acid groups (broad SMARTS) is 1. The first kappa shape index (κ1) is 20.8. The van der Waals surface area contributed by atoms with Crippen molar-refractivity contribution >= 4 is 35.0 Å². The molecule has 0 spiro atoms. The fourth-order valence-corrected chi connectivity index (χ4v) is 3.45. The Morgan fingerprint density at radius 1 is 1.07 bits per heavy atom. The van der Waals surface area contributed by atoms with Crippen LogP contribution in [0.25, 0.3) is 16.6 Å². The molecule has 4 rings (SSSR count). The Labute approximate surface area is 170 Å². The Bertz CT molecular complexity index is 1130. The van der Waals surface area contributed by atoms with E-state index in [0.29, 0.717) is 43.1 Å². The highest BCUT2D eigenvalue weighted by molar-refractivity contribution is 5.94. The number of carbonyl (C=O) groups is 1. The third-order valence-corrected chi connectivity index (χ3v) is 4.87. The second kappa shape index (κ2) is 8.18. The van der Waals surface area contributed by atoms with Crippen molar-refractivity contribution in [2.24, 2.45) is 0 Å². The van der Waals surface area contributed by atoms with Gasteiger partial charge >= 0.3 is 5.97 Å². The van der Waals surface area contributed by atoms with Gasteiger partial charge in [0.15, 0.2) is 0 Å². The van der Waals surface area contributed by atoms with Crippen LogP contribution in [0.4, 0.5) is 14.5 Å². The summed E-state index contributed by atoms with van der Waals surface area (Å²) in [6.45, 7) is 2.63. The molecule has 1 saturated heterocycles. The highest BCUT2D eigenvalue weighted by Crippen LogP contribution is 2.27. The normalized spacial score (nSPS) is 13.9. The number of anilines is 1. The Balaban J connectivity index is 0.00000240. The summed E-state index contributed by atoms with van der Waals surface area (Å²) in [7, 11) is 0. The Kier molecular flexibility index (Phi) is 5.86. The van der Waals surface area contributed by atoms with Crippen molar-refractivity contribution in [2.75, 3.05) is 31.1 Å². The van der Waals surface area contributed by atoms with E-state index in [1.165, 1.54) is 35.0 Å². The summed E-state index contributed by atoms with van der Waals surface area (Å²) in [6, 6.07) is 8.05. The molecule has 0 saturated carbocycles. The third-order valence-electron chi connectivity index (χ3n) is 4.87. The lowest BCUT2D eigenvalue weighted by atomic mass is 10.1. The largest absolute Gasteiger partial charge is 0.477 e. The van der Waals surface area contributed by atoms with Crippen LogP contribution in [0.3, 0.4) is 0 Å². The number of aromatic carboxylic acids is 1. The number of rotatable bonds is 3. The van der Waals surface area contributed by atoms with Crippen LogP contribution in [-0.2, 0) is 0 Å². The SMILES string of the molecule is Cl.O=C(O)c1cn(-c2ccc(F)cc2)c2cc(N3CCNCC3)c(F)cc2c1=O. The van der Waals surface area contributed by atoms with E-state index in [2.05, 4.69) is 5.32 Å². The molecule has 0 unspecified atom stereocenters. The maximum absolute atomic E-state index is 14.8. The number of aromatic nitrogens is 1. The summed E-state index contributed by atoms with van der Waals surface area (Å²) < 4.78 is 29.6. The number of halogens is 3. The minimum absolute atomic E-state index is 0. The molecule has 6 nitrogen and oxygen atoms in total. The Morgan fingerprint density at radius 2 is 1.72 bits per heavy atom. The zero-order valence-corrected chi connectivity index (χ0v) is 16.0. The van der Waals surface area contributed by atoms with Crippen molar-refractivity contribution in [3.05, 3.63) is 70.0 Å². The third kappa shape index (κ3) is 3.81. The van der Waals surface area contributed by atoms with Crippen molar-refractivity contribution < 1.29 is 18.7 Å². The molecular weight excluding hydrogens is 404 g/mol. The molecule has 9 heteroatoms. The number of piperazine rings is 1. The van der Waals surface area contributed by atoms with Gasteiger partial charge in [-0.05, 0) is 36.4 Å². The summed E-state index contributed by atoms with van der Waals surface area (Å²) in [6.07, 6.45) is 1.19. The zero-order chi connectivity index (χ0) is 19.8. The monoisotopic (exact) mass is 421 g/mol. The number of carboxylic acids is 1. The van der Waals surface area contributed by atoms with Crippen LogP contribution in [0.1, 0.15) is 10.4 Å². The van der Waals surface area contributed by atoms with Crippen molar-refractivity contribution in [1.29, 1.82) is 0 Å². The number of nitrogens with zero attached hydrogens (tertiary/aromatic N) is 2. The van der Waals surface area contributed by atoms with Gasteiger partial charge in [0.1, 0.15) is 17.2 Å². The highest BCUT2D eigenvalue weighted by atomic mass is 35.5. The lowest BCUT2D eigenvalue weighted by molar-refractivity contribution is 0.0695. The van der Waals surface area contributed by atoms with Crippen molar-refractivity contribution in [3.63, 3.8) is 0 Å². The average molecular weight is 422 g/mol. The van der Waals surface area contributed by atoms with Crippen LogP contribution < -0.4 is 15.6 Å². The first-order valence-electron chi connectivity index (χ1n) is 8.79. The summed E-state index contributed by atoms with van der Waals surface area (Å²) in [4.78, 5) is 26.0. The molecule has 29 heavy (non-hydrogen) atoms. The van der Waals surface area contributed by atoms with Gasteiger partial charge < -0.3 is 19.9 Å². The lowest BCUT2D eigenvalue weighted by Crippen LogP contribution is -2.43. The van der Waals surface area contributed by atoms with E-state index in [0.717, 1.165) is 6.07 Å². The summed E-state index contributed by atoms with van der Waals surface area (Å²) in [5.74, 6) is -2.44. The van der Waals surface area contributed by atoms with Crippen LogP contribution in [-0.4, -0.2) is 41.8 Å². The zero-order valence-electron chi connectivity index (χ0n) is 15.2. The van der Waals surface area contributed by atoms with Gasteiger partial charge in [-0.25, -0.2) is 13.6 Å². The molecule has 1 fully saturated rings. The summed E-state index contributed by atoms with van der Waals surface area (Å²) in [5, 5.41) is 12.5. The molecule has 0 aliphatic carbocycles. The van der Waals surface area contributed by atoms with Gasteiger partial charge in [0.2, 0.25) is 5.43 Å². The van der Waals surface area contributed by atoms with Gasteiger partial charge in [-0.15, -0.1) is 12.4 Å². The Hall–Kier alpha value is -2.97. The quantitative estimate of drug-likeness (QED) is 0.680. The van der Waals surface area contributed by atoms with Crippen molar-refractivity contribution in [3.8, 4) is 5.69 Å². The van der Waals surface area contributed by atoms with Crippen molar-refractivity contribution in [1.82, 2.24) is 9.88 Å². The summed E-state index contributed by atoms with van der Waals surface area (Å²) in [5.41, 5.74) is -0.0755. The van der Waals surface area contributed by atoms with E-state index in [-0.39, 0.29) is 17.8 Å². The standard InChI is InChI=1S/C20H17F2N3O3.ClH/c21-12-1-3-13(4-2-12)25-11-15(20(27)28)19(26)14-9-16(22)18(10-17(14)25)24-7-5-23-6-8-24;/h1-4,9-11,23H,5-8H2,(H,27,28);1H. The molecule has 2 N–H and O–H groups in total. The number of hydrogen-bond acceptors (Lipinski definition) is 4. The number of fused-ring (bicyclic) bond motifs is 1. The van der Waals surface area contributed by atoms with E-state index >= 15 is 0 Å². The van der Waals surface area contributed by atoms with Crippen LogP contribution in [0.2, 0.25) is 0 Å². The predicted octanol–water partition coefficient (Wildman–Crippen LogP) is 2.80. The van der Waals surface area contributed by atoms with Gasteiger partial charge in [-0.2, -0.15) is 0 Å². The molecule has 2 aromatic carbocycles. The van der Waals surface area contributed by atoms with E-state index in [9.17, 15) is 23.5 Å². The topological polar surface area (TPSA) is 74.6 Å². The molecule has 1 aliphatic rings. The van der Waals surface area contributed by atoms with Gasteiger partial charge in [-0.3, -0.25) is 4.79 Å². The second-order valence-corrected chi connectivity index (χ2v) is 6.58. The highest BCUT2D eigenvalue weighted by Gasteiger charge is 2.20. The minimum Gasteiger partial charge on any atom is -0.477 e.